The third kappa shape index (κ3) is 3.93. The highest BCUT2D eigenvalue weighted by atomic mass is 16.3. The number of nitrogens with zero attached hydrogens (tertiary/aromatic N) is 1. The van der Waals surface area contributed by atoms with Crippen molar-refractivity contribution >= 4 is 5.71 Å². The van der Waals surface area contributed by atoms with Gasteiger partial charge >= 0.3 is 0 Å². The Morgan fingerprint density at radius 1 is 0.889 bits per heavy atom. The van der Waals surface area contributed by atoms with Crippen LogP contribution in [0.2, 0.25) is 0 Å². The van der Waals surface area contributed by atoms with Gasteiger partial charge in [0, 0.05) is 17.3 Å². The molecule has 2 atom stereocenters. The van der Waals surface area contributed by atoms with Gasteiger partial charge in [0.15, 0.2) is 0 Å². The van der Waals surface area contributed by atoms with Gasteiger partial charge in [0.1, 0.15) is 5.75 Å². The smallest absolute Gasteiger partial charge is 0.128 e. The van der Waals surface area contributed by atoms with Crippen molar-refractivity contribution in [2.45, 2.75) is 70.4 Å². The first-order valence-electron chi connectivity index (χ1n) is 10.3. The first kappa shape index (κ1) is 18.2. The van der Waals surface area contributed by atoms with Gasteiger partial charge in [-0.25, -0.2) is 0 Å². The van der Waals surface area contributed by atoms with E-state index < -0.39 is 0 Å². The molecule has 2 aromatic rings. The number of hydrogen-bond donors (Lipinski definition) is 2. The van der Waals surface area contributed by atoms with Crippen LogP contribution in [0.15, 0.2) is 41.4 Å². The molecule has 3 heteroatoms. The number of aromatic hydroxyl groups is 1. The monoisotopic (exact) mass is 362 g/mol. The topological polar surface area (TPSA) is 58.6 Å². The molecule has 0 aromatic heterocycles. The van der Waals surface area contributed by atoms with Crippen LogP contribution in [0.3, 0.4) is 0 Å². The molecular formula is C24H30N2O. The number of benzene rings is 2. The molecule has 0 spiro atoms. The van der Waals surface area contributed by atoms with Crippen LogP contribution in [0.25, 0.3) is 0 Å². The summed E-state index contributed by atoms with van der Waals surface area (Å²) < 4.78 is 0. The van der Waals surface area contributed by atoms with E-state index in [1.165, 1.54) is 29.5 Å². The van der Waals surface area contributed by atoms with Gasteiger partial charge in [-0.15, -0.1) is 0 Å². The van der Waals surface area contributed by atoms with E-state index in [0.29, 0.717) is 5.75 Å². The third-order valence-electron chi connectivity index (χ3n) is 6.24. The molecule has 3 nitrogen and oxygen atoms in total. The highest BCUT2D eigenvalue weighted by Gasteiger charge is 2.23. The van der Waals surface area contributed by atoms with Crippen LogP contribution in [-0.4, -0.2) is 22.9 Å². The molecule has 2 aromatic carbocycles. The molecule has 0 unspecified atom stereocenters. The van der Waals surface area contributed by atoms with Gasteiger partial charge < -0.3 is 10.8 Å². The summed E-state index contributed by atoms with van der Waals surface area (Å²) >= 11 is 0. The lowest BCUT2D eigenvalue weighted by Crippen LogP contribution is -2.36. The minimum absolute atomic E-state index is 0.144. The number of hydrogen-bond acceptors (Lipinski definition) is 3. The zero-order chi connectivity index (χ0) is 18.8. The lowest BCUT2D eigenvalue weighted by Gasteiger charge is -2.26. The summed E-state index contributed by atoms with van der Waals surface area (Å²) in [6.45, 7) is 2.05. The summed E-state index contributed by atoms with van der Waals surface area (Å²) in [5, 5.41) is 11.1. The zero-order valence-electron chi connectivity index (χ0n) is 16.2. The van der Waals surface area contributed by atoms with Gasteiger partial charge in [-0.05, 0) is 67.7 Å². The fraction of sp³-hybridized carbons (Fsp3) is 0.458. The molecule has 1 fully saturated rings. The number of phenolic OH excluding ortho intramolecular Hbond substituents is 1. The Morgan fingerprint density at radius 2 is 1.48 bits per heavy atom. The van der Waals surface area contributed by atoms with E-state index in [-0.39, 0.29) is 12.1 Å². The highest BCUT2D eigenvalue weighted by molar-refractivity contribution is 6.03. The number of phenols is 1. The van der Waals surface area contributed by atoms with Gasteiger partial charge in [-0.2, -0.15) is 0 Å². The molecule has 0 aliphatic heterocycles. The van der Waals surface area contributed by atoms with Crippen molar-refractivity contribution in [1.82, 2.24) is 0 Å². The summed E-state index contributed by atoms with van der Waals surface area (Å²) in [6, 6.07) is 13.5. The van der Waals surface area contributed by atoms with Crippen molar-refractivity contribution in [3.8, 4) is 5.75 Å². The second-order valence-corrected chi connectivity index (χ2v) is 8.15. The Morgan fingerprint density at radius 3 is 2.15 bits per heavy atom. The summed E-state index contributed by atoms with van der Waals surface area (Å²) in [5.41, 5.74) is 13.1. The van der Waals surface area contributed by atoms with Crippen molar-refractivity contribution < 1.29 is 5.11 Å². The lowest BCUT2D eigenvalue weighted by molar-refractivity contribution is 0.386. The molecule has 1 saturated carbocycles. The van der Waals surface area contributed by atoms with Crippen LogP contribution < -0.4 is 5.73 Å². The quantitative estimate of drug-likeness (QED) is 0.780. The fourth-order valence-electron chi connectivity index (χ4n) is 4.53. The van der Waals surface area contributed by atoms with Crippen LogP contribution in [0.1, 0.15) is 60.4 Å². The zero-order valence-corrected chi connectivity index (χ0v) is 16.2. The first-order chi connectivity index (χ1) is 13.1. The highest BCUT2D eigenvalue weighted by Crippen LogP contribution is 2.31. The second kappa shape index (κ2) is 7.85. The maximum Gasteiger partial charge on any atom is 0.128 e. The molecular weight excluding hydrogens is 332 g/mol. The third-order valence-corrected chi connectivity index (χ3v) is 6.24. The maximum absolute atomic E-state index is 11.1. The predicted molar refractivity (Wildman–Crippen MR) is 112 cm³/mol. The number of nitrogens with two attached hydrogens (primary N) is 1. The minimum Gasteiger partial charge on any atom is -0.507 e. The summed E-state index contributed by atoms with van der Waals surface area (Å²) in [6.07, 6.45) is 8.18. The Labute approximate surface area is 162 Å². The predicted octanol–water partition coefficient (Wildman–Crippen LogP) is 4.35. The molecule has 5 aliphatic carbocycles. The number of aliphatic imine (C=N–C) groups is 1. The summed E-state index contributed by atoms with van der Waals surface area (Å²) in [5.74, 6) is 0.424. The van der Waals surface area contributed by atoms with E-state index in [2.05, 4.69) is 36.4 Å². The number of aryl methyl sites for hydroxylation is 4. The van der Waals surface area contributed by atoms with Crippen molar-refractivity contribution in [2.75, 3.05) is 0 Å². The van der Waals surface area contributed by atoms with Crippen LogP contribution in [-0.2, 0) is 25.7 Å². The molecule has 3 N–H and O–H groups in total. The van der Waals surface area contributed by atoms with Crippen molar-refractivity contribution in [3.05, 3.63) is 64.2 Å². The summed E-state index contributed by atoms with van der Waals surface area (Å²) in [4.78, 5) is 4.99. The molecule has 7 rings (SSSR count). The van der Waals surface area contributed by atoms with Crippen molar-refractivity contribution in [2.24, 2.45) is 10.7 Å². The first-order valence-corrected chi connectivity index (χ1v) is 10.3. The lowest BCUT2D eigenvalue weighted by atomic mass is 9.89. The molecule has 0 saturated heterocycles. The standard InChI is InChI=1S/C24H30N2O/c1-16(26-22-5-3-2-4-21(22)25)23-19-12-10-17-6-8-18(9-7-17)11-13-20(15-14-19)24(23)27/h6-9,14-15,21-22,27H,2-5,10-13,25H2,1H3/t21-,22-/m1/s1. The minimum atomic E-state index is 0.144. The van der Waals surface area contributed by atoms with E-state index in [4.69, 9.17) is 10.7 Å². The largest absolute Gasteiger partial charge is 0.507 e. The summed E-state index contributed by atoms with van der Waals surface area (Å²) in [7, 11) is 0. The van der Waals surface area contributed by atoms with Crippen LogP contribution in [0.5, 0.6) is 5.75 Å². The normalized spacial score (nSPS) is 23.1. The molecule has 27 heavy (non-hydrogen) atoms. The second-order valence-electron chi connectivity index (χ2n) is 8.15. The molecule has 0 radical (unpaired) electrons. The Hall–Kier alpha value is -2.13. The van der Waals surface area contributed by atoms with Crippen molar-refractivity contribution in [3.63, 3.8) is 0 Å². The van der Waals surface area contributed by atoms with E-state index >= 15 is 0 Å². The molecule has 142 valence electrons. The van der Waals surface area contributed by atoms with Gasteiger partial charge in [0.05, 0.1) is 6.04 Å². The molecule has 4 bridgehead atoms. The average Bonchev–Trinajstić information content (AvgIpc) is 2.66. The number of rotatable bonds is 2. The van der Waals surface area contributed by atoms with Crippen molar-refractivity contribution in [1.29, 1.82) is 0 Å². The van der Waals surface area contributed by atoms with Gasteiger partial charge in [0.2, 0.25) is 0 Å². The van der Waals surface area contributed by atoms with Gasteiger partial charge in [-0.1, -0.05) is 49.2 Å². The van der Waals surface area contributed by atoms with Crippen LogP contribution in [0.4, 0.5) is 0 Å². The Bertz CT molecular complexity index is 838. The molecule has 0 amide bonds. The molecule has 0 heterocycles. The Balaban J connectivity index is 1.72. The van der Waals surface area contributed by atoms with Gasteiger partial charge in [0.25, 0.3) is 0 Å². The van der Waals surface area contributed by atoms with E-state index in [0.717, 1.165) is 55.4 Å². The van der Waals surface area contributed by atoms with E-state index in [9.17, 15) is 5.11 Å². The van der Waals surface area contributed by atoms with Crippen LogP contribution >= 0.6 is 0 Å². The van der Waals surface area contributed by atoms with E-state index in [1.54, 1.807) is 0 Å². The average molecular weight is 363 g/mol. The SMILES string of the molecule is CC(=N[C@@H]1CCCC[C@H]1N)c1c2ccc(c1O)CCc1ccc(cc1)CC2. The fourth-order valence-corrected chi connectivity index (χ4v) is 4.53. The maximum atomic E-state index is 11.1. The molecule has 5 aliphatic rings. The Kier molecular flexibility index (Phi) is 5.31. The van der Waals surface area contributed by atoms with Gasteiger partial charge in [-0.3, -0.25) is 4.99 Å². The van der Waals surface area contributed by atoms with E-state index in [1.807, 2.05) is 6.92 Å². The van der Waals surface area contributed by atoms with Crippen LogP contribution in [0, 0.1) is 0 Å².